The van der Waals surface area contributed by atoms with E-state index in [1.54, 1.807) is 12.1 Å². The summed E-state index contributed by atoms with van der Waals surface area (Å²) < 4.78 is 8.02. The van der Waals surface area contributed by atoms with Crippen molar-refractivity contribution in [2.45, 2.75) is 31.1 Å². The summed E-state index contributed by atoms with van der Waals surface area (Å²) in [5.41, 5.74) is 1.53. The van der Waals surface area contributed by atoms with Crippen molar-refractivity contribution in [3.05, 3.63) is 65.9 Å². The minimum atomic E-state index is -0.612. The van der Waals surface area contributed by atoms with Crippen LogP contribution in [0.25, 0.3) is 11.0 Å². The van der Waals surface area contributed by atoms with E-state index in [0.717, 1.165) is 47.1 Å². The molecular weight excluding hydrogens is 372 g/mol. The number of hydrogen-bond donors (Lipinski definition) is 2. The molecule has 0 spiro atoms. The molecule has 0 bridgehead atoms. The van der Waals surface area contributed by atoms with E-state index in [1.807, 2.05) is 42.5 Å². The minimum Gasteiger partial charge on any atom is -0.451 e. The van der Waals surface area contributed by atoms with E-state index in [1.165, 1.54) is 0 Å². The first-order valence-electron chi connectivity index (χ1n) is 9.01. The third kappa shape index (κ3) is 5.41. The number of unbranched alkanes of at least 4 members (excludes halogenated alkanes) is 2. The summed E-state index contributed by atoms with van der Waals surface area (Å²) in [7, 11) is 0. The Labute approximate surface area is 168 Å². The predicted octanol–water partition coefficient (Wildman–Crippen LogP) is 5.12. The lowest BCUT2D eigenvalue weighted by atomic mass is 10.2. The van der Waals surface area contributed by atoms with Crippen LogP contribution in [-0.4, -0.2) is 11.9 Å². The van der Waals surface area contributed by atoms with Crippen LogP contribution in [-0.2, 0) is 0 Å². The molecule has 6 heteroatoms. The molecule has 0 aliphatic rings. The summed E-state index contributed by atoms with van der Waals surface area (Å²) in [6.45, 7) is 2.14. The van der Waals surface area contributed by atoms with Crippen LogP contribution < -0.4 is 10.0 Å². The zero-order valence-corrected chi connectivity index (χ0v) is 16.3. The highest BCUT2D eigenvalue weighted by Gasteiger charge is 2.15. The number of carbonyl (C=O) groups excluding carboxylic acids is 2. The number of nitrogens with one attached hydrogen (secondary N) is 2. The van der Waals surface area contributed by atoms with Gasteiger partial charge in [-0.2, -0.15) is 0 Å². The van der Waals surface area contributed by atoms with Crippen LogP contribution in [0, 0.1) is 11.8 Å². The SMILES string of the molecule is CCCCC#Cc1ccc(SNC(=O)NC(=O)c2cc3ccccc3o2)cc1. The monoisotopic (exact) mass is 392 g/mol. The number of benzene rings is 2. The zero-order chi connectivity index (χ0) is 19.8. The van der Waals surface area contributed by atoms with E-state index >= 15 is 0 Å². The standard InChI is InChI=1S/C22H20N2O3S/c1-2-3-4-5-8-16-11-13-18(14-12-16)28-24-22(26)23-21(25)20-15-17-9-6-7-10-19(17)27-20/h6-7,9-15H,2-4H2,1H3,(H2,23,24,25,26). The molecule has 2 aromatic carbocycles. The Morgan fingerprint density at radius 2 is 1.89 bits per heavy atom. The van der Waals surface area contributed by atoms with Crippen molar-refractivity contribution in [3.63, 3.8) is 0 Å². The number of rotatable bonds is 5. The normalized spacial score (nSPS) is 10.2. The van der Waals surface area contributed by atoms with Crippen LogP contribution in [0.2, 0.25) is 0 Å². The Balaban J connectivity index is 1.49. The second-order valence-corrected chi connectivity index (χ2v) is 6.95. The minimum absolute atomic E-state index is 0.0901. The Kier molecular flexibility index (Phi) is 6.77. The number of hydrogen-bond acceptors (Lipinski definition) is 4. The van der Waals surface area contributed by atoms with Gasteiger partial charge >= 0.3 is 6.03 Å². The molecule has 0 saturated carbocycles. The molecule has 0 aliphatic carbocycles. The zero-order valence-electron chi connectivity index (χ0n) is 15.5. The van der Waals surface area contributed by atoms with Crippen LogP contribution in [0.1, 0.15) is 42.3 Å². The fraction of sp³-hybridized carbons (Fsp3) is 0.182. The lowest BCUT2D eigenvalue weighted by Crippen LogP contribution is -2.36. The number of imide groups is 1. The van der Waals surface area contributed by atoms with E-state index < -0.39 is 11.9 Å². The summed E-state index contributed by atoms with van der Waals surface area (Å²) in [6.07, 6.45) is 3.14. The van der Waals surface area contributed by atoms with E-state index in [4.69, 9.17) is 4.42 Å². The highest BCUT2D eigenvalue weighted by molar-refractivity contribution is 7.98. The van der Waals surface area contributed by atoms with Crippen molar-refractivity contribution < 1.29 is 14.0 Å². The molecular formula is C22H20N2O3S. The first-order chi connectivity index (χ1) is 13.7. The molecule has 0 aliphatic heterocycles. The largest absolute Gasteiger partial charge is 0.451 e. The fourth-order valence-electron chi connectivity index (χ4n) is 2.43. The smallest absolute Gasteiger partial charge is 0.332 e. The first-order valence-corrected chi connectivity index (χ1v) is 9.83. The van der Waals surface area contributed by atoms with Crippen molar-refractivity contribution in [1.29, 1.82) is 0 Å². The van der Waals surface area contributed by atoms with Gasteiger partial charge in [0.05, 0.1) is 0 Å². The lowest BCUT2D eigenvalue weighted by Gasteiger charge is -2.05. The highest BCUT2D eigenvalue weighted by Crippen LogP contribution is 2.19. The molecule has 142 valence electrons. The summed E-state index contributed by atoms with van der Waals surface area (Å²) in [5.74, 6) is 5.75. The van der Waals surface area contributed by atoms with E-state index in [-0.39, 0.29) is 5.76 Å². The number of furan rings is 1. The summed E-state index contributed by atoms with van der Waals surface area (Å²) in [4.78, 5) is 24.9. The van der Waals surface area contributed by atoms with E-state index in [9.17, 15) is 9.59 Å². The maximum absolute atomic E-state index is 12.1. The average Bonchev–Trinajstić information content (AvgIpc) is 3.15. The lowest BCUT2D eigenvalue weighted by molar-refractivity contribution is 0.0940. The van der Waals surface area contributed by atoms with Crippen LogP contribution in [0.5, 0.6) is 0 Å². The summed E-state index contributed by atoms with van der Waals surface area (Å²) in [5, 5.41) is 3.06. The van der Waals surface area contributed by atoms with Crippen LogP contribution in [0.15, 0.2) is 63.9 Å². The third-order valence-electron chi connectivity index (χ3n) is 3.88. The Morgan fingerprint density at radius 3 is 2.64 bits per heavy atom. The van der Waals surface area contributed by atoms with Gasteiger partial charge in [0.1, 0.15) is 5.58 Å². The maximum Gasteiger partial charge on any atom is 0.332 e. The maximum atomic E-state index is 12.1. The van der Waals surface area contributed by atoms with Crippen molar-refractivity contribution in [2.75, 3.05) is 0 Å². The van der Waals surface area contributed by atoms with Crippen molar-refractivity contribution >= 4 is 34.9 Å². The third-order valence-corrected chi connectivity index (χ3v) is 4.68. The fourth-order valence-corrected chi connectivity index (χ4v) is 2.96. The van der Waals surface area contributed by atoms with Gasteiger partial charge in [0.25, 0.3) is 5.91 Å². The van der Waals surface area contributed by atoms with Crippen LogP contribution >= 0.6 is 11.9 Å². The number of fused-ring (bicyclic) bond motifs is 1. The summed E-state index contributed by atoms with van der Waals surface area (Å²) >= 11 is 1.12. The molecule has 0 saturated heterocycles. The van der Waals surface area contributed by atoms with Gasteiger partial charge in [0, 0.05) is 22.3 Å². The second kappa shape index (κ2) is 9.67. The highest BCUT2D eigenvalue weighted by atomic mass is 32.2. The molecule has 2 N–H and O–H groups in total. The number of amides is 3. The molecule has 0 atom stereocenters. The molecule has 3 aromatic rings. The van der Waals surface area contributed by atoms with E-state index in [2.05, 4.69) is 28.8 Å². The Hall–Kier alpha value is -3.17. The van der Waals surface area contributed by atoms with Gasteiger partial charge < -0.3 is 4.42 Å². The van der Waals surface area contributed by atoms with Gasteiger partial charge in [-0.25, -0.2) is 4.79 Å². The molecule has 1 aromatic heterocycles. The molecule has 0 fully saturated rings. The molecule has 5 nitrogen and oxygen atoms in total. The van der Waals surface area contributed by atoms with Crippen LogP contribution in [0.3, 0.4) is 0 Å². The second-order valence-electron chi connectivity index (χ2n) is 6.07. The molecule has 0 unspecified atom stereocenters. The summed E-state index contributed by atoms with van der Waals surface area (Å²) in [6, 6.07) is 15.8. The average molecular weight is 392 g/mol. The number of para-hydroxylation sites is 1. The van der Waals surface area contributed by atoms with Crippen molar-refractivity contribution in [2.24, 2.45) is 0 Å². The van der Waals surface area contributed by atoms with Gasteiger partial charge in [0.2, 0.25) is 0 Å². The van der Waals surface area contributed by atoms with Crippen LogP contribution in [0.4, 0.5) is 4.79 Å². The molecule has 0 radical (unpaired) electrons. The quantitative estimate of drug-likeness (QED) is 0.359. The molecule has 3 rings (SSSR count). The van der Waals surface area contributed by atoms with Gasteiger partial charge in [-0.1, -0.05) is 43.4 Å². The molecule has 3 amide bonds. The number of carbonyl (C=O) groups is 2. The molecule has 1 heterocycles. The molecule has 28 heavy (non-hydrogen) atoms. The Morgan fingerprint density at radius 1 is 1.11 bits per heavy atom. The van der Waals surface area contributed by atoms with Crippen molar-refractivity contribution in [1.82, 2.24) is 10.0 Å². The van der Waals surface area contributed by atoms with Crippen molar-refractivity contribution in [3.8, 4) is 11.8 Å². The number of urea groups is 1. The van der Waals surface area contributed by atoms with Gasteiger partial charge in [-0.3, -0.25) is 14.8 Å². The Bertz CT molecular complexity index is 996. The predicted molar refractivity (Wildman–Crippen MR) is 111 cm³/mol. The van der Waals surface area contributed by atoms with E-state index in [0.29, 0.717) is 5.58 Å². The first kappa shape index (κ1) is 19.6. The van der Waals surface area contributed by atoms with Gasteiger partial charge in [-0.15, -0.1) is 0 Å². The van der Waals surface area contributed by atoms with Gasteiger partial charge in [-0.05, 0) is 54.8 Å². The topological polar surface area (TPSA) is 71.3 Å². The van der Waals surface area contributed by atoms with Gasteiger partial charge in [0.15, 0.2) is 5.76 Å².